The van der Waals surface area contributed by atoms with E-state index in [1.54, 1.807) is 19.4 Å². The highest BCUT2D eigenvalue weighted by Crippen LogP contribution is 2.45. The van der Waals surface area contributed by atoms with E-state index in [0.29, 0.717) is 29.8 Å². The molecule has 0 radical (unpaired) electrons. The fraction of sp³-hybridized carbons (Fsp3) is 0.258. The fourth-order valence-electron chi connectivity index (χ4n) is 5.27. The molecule has 1 amide bonds. The molecule has 0 spiro atoms. The van der Waals surface area contributed by atoms with Gasteiger partial charge >= 0.3 is 0 Å². The minimum absolute atomic E-state index is 0.0586. The largest absolute Gasteiger partial charge is 0.497 e. The zero-order valence-corrected chi connectivity index (χ0v) is 21.6. The number of aryl methyl sites for hydroxylation is 2. The van der Waals surface area contributed by atoms with Gasteiger partial charge in [0.05, 0.1) is 7.11 Å². The van der Waals surface area contributed by atoms with Crippen molar-refractivity contribution in [1.82, 2.24) is 10.3 Å². The number of benzene rings is 2. The summed E-state index contributed by atoms with van der Waals surface area (Å²) in [4.78, 5) is 31.8. The standard InChI is InChI=1S/C31H31N3O3/c1-18-5-8-22(9-6-18)29-28(31(36)34-27-14-7-19(2)17-32-27)20(3)33-25-15-23(16-26(35)30(25)29)21-10-12-24(37-4)13-11-21/h5-14,17,23,29,33H,15-16H2,1-4H3,(H,32,34,36). The van der Waals surface area contributed by atoms with Crippen LogP contribution in [0.25, 0.3) is 0 Å². The third-order valence-corrected chi connectivity index (χ3v) is 7.22. The maximum absolute atomic E-state index is 13.8. The predicted molar refractivity (Wildman–Crippen MR) is 144 cm³/mol. The van der Waals surface area contributed by atoms with Crippen LogP contribution in [0.3, 0.4) is 0 Å². The van der Waals surface area contributed by atoms with Crippen LogP contribution in [0.1, 0.15) is 53.9 Å². The molecule has 6 nitrogen and oxygen atoms in total. The van der Waals surface area contributed by atoms with Crippen molar-refractivity contribution in [2.24, 2.45) is 0 Å². The highest BCUT2D eigenvalue weighted by Gasteiger charge is 2.41. The number of Topliss-reactive ketones (excluding diaryl/α,β-unsaturated/α-hetero) is 1. The van der Waals surface area contributed by atoms with Crippen LogP contribution in [0.4, 0.5) is 5.82 Å². The molecule has 2 atom stereocenters. The summed E-state index contributed by atoms with van der Waals surface area (Å²) < 4.78 is 5.29. The van der Waals surface area contributed by atoms with E-state index in [9.17, 15) is 9.59 Å². The summed E-state index contributed by atoms with van der Waals surface area (Å²) in [7, 11) is 1.64. The average molecular weight is 494 g/mol. The number of rotatable bonds is 5. The number of aromatic nitrogens is 1. The average Bonchev–Trinajstić information content (AvgIpc) is 2.89. The third-order valence-electron chi connectivity index (χ3n) is 7.22. The molecule has 3 aromatic rings. The van der Waals surface area contributed by atoms with Gasteiger partial charge in [0.15, 0.2) is 5.78 Å². The number of hydrogen-bond acceptors (Lipinski definition) is 5. The summed E-state index contributed by atoms with van der Waals surface area (Å²) in [6.07, 6.45) is 2.81. The Labute approximate surface area is 217 Å². The molecule has 2 aromatic carbocycles. The molecule has 5 rings (SSSR count). The summed E-state index contributed by atoms with van der Waals surface area (Å²) in [6, 6.07) is 19.7. The molecular weight excluding hydrogens is 462 g/mol. The maximum Gasteiger partial charge on any atom is 0.255 e. The van der Waals surface area contributed by atoms with Gasteiger partial charge in [0.2, 0.25) is 0 Å². The maximum atomic E-state index is 13.8. The van der Waals surface area contributed by atoms with Gasteiger partial charge in [-0.2, -0.15) is 0 Å². The van der Waals surface area contributed by atoms with Crippen LogP contribution >= 0.6 is 0 Å². The van der Waals surface area contributed by atoms with E-state index in [1.165, 1.54) is 0 Å². The van der Waals surface area contributed by atoms with Crippen LogP contribution in [0.15, 0.2) is 89.4 Å². The Morgan fingerprint density at radius 2 is 1.59 bits per heavy atom. The number of anilines is 1. The highest BCUT2D eigenvalue weighted by atomic mass is 16.5. The molecule has 37 heavy (non-hydrogen) atoms. The zero-order chi connectivity index (χ0) is 26.1. The first-order valence-electron chi connectivity index (χ1n) is 12.5. The normalized spacial score (nSPS) is 19.3. The van der Waals surface area contributed by atoms with Gasteiger partial charge < -0.3 is 15.4 Å². The van der Waals surface area contributed by atoms with Gasteiger partial charge in [-0.05, 0) is 68.0 Å². The minimum Gasteiger partial charge on any atom is -0.497 e. The Hall–Kier alpha value is -4.19. The van der Waals surface area contributed by atoms with Crippen molar-refractivity contribution in [2.45, 2.75) is 45.4 Å². The number of carbonyl (C=O) groups is 2. The molecule has 2 heterocycles. The zero-order valence-electron chi connectivity index (χ0n) is 21.6. The van der Waals surface area contributed by atoms with Crippen LogP contribution < -0.4 is 15.4 Å². The number of amides is 1. The third kappa shape index (κ3) is 4.92. The molecule has 2 aliphatic rings. The second-order valence-electron chi connectivity index (χ2n) is 9.88. The van der Waals surface area contributed by atoms with Gasteiger partial charge in [-0.3, -0.25) is 9.59 Å². The number of nitrogens with one attached hydrogen (secondary N) is 2. The molecule has 2 unspecified atom stereocenters. The lowest BCUT2D eigenvalue weighted by Gasteiger charge is -2.37. The first kappa shape index (κ1) is 24.5. The Bertz CT molecular complexity index is 1400. The van der Waals surface area contributed by atoms with Gasteiger partial charge in [-0.1, -0.05) is 48.0 Å². The summed E-state index contributed by atoms with van der Waals surface area (Å²) >= 11 is 0. The smallest absolute Gasteiger partial charge is 0.255 e. The monoisotopic (exact) mass is 493 g/mol. The van der Waals surface area contributed by atoms with E-state index < -0.39 is 5.92 Å². The SMILES string of the molecule is COc1ccc(C2CC(=O)C3=C(C2)NC(C)=C(C(=O)Nc2ccc(C)cn2)C3c2ccc(C)cc2)cc1. The Kier molecular flexibility index (Phi) is 6.66. The Morgan fingerprint density at radius 3 is 2.24 bits per heavy atom. The quantitative estimate of drug-likeness (QED) is 0.476. The molecular formula is C31H31N3O3. The number of nitrogens with zero attached hydrogens (tertiary/aromatic N) is 1. The number of pyridine rings is 1. The number of carbonyl (C=O) groups excluding carboxylic acids is 2. The number of ether oxygens (including phenoxy) is 1. The fourth-order valence-corrected chi connectivity index (χ4v) is 5.27. The first-order valence-corrected chi connectivity index (χ1v) is 12.5. The number of allylic oxidation sites excluding steroid dienone is 3. The second-order valence-corrected chi connectivity index (χ2v) is 9.88. The van der Waals surface area contributed by atoms with Crippen molar-refractivity contribution in [3.8, 4) is 5.75 Å². The number of hydrogen-bond donors (Lipinski definition) is 2. The minimum atomic E-state index is -0.452. The molecule has 0 fully saturated rings. The second kappa shape index (κ2) is 10.1. The molecule has 6 heteroatoms. The summed E-state index contributed by atoms with van der Waals surface area (Å²) in [5.74, 6) is 0.677. The summed E-state index contributed by atoms with van der Waals surface area (Å²) in [6.45, 7) is 5.88. The van der Waals surface area contributed by atoms with Crippen LogP contribution in [-0.2, 0) is 9.59 Å². The van der Waals surface area contributed by atoms with Gasteiger partial charge in [0.25, 0.3) is 5.91 Å². The molecule has 2 N–H and O–H groups in total. The number of ketones is 1. The first-order chi connectivity index (χ1) is 17.8. The van der Waals surface area contributed by atoms with Crippen molar-refractivity contribution in [3.63, 3.8) is 0 Å². The molecule has 0 saturated heterocycles. The van der Waals surface area contributed by atoms with Crippen molar-refractivity contribution >= 4 is 17.5 Å². The predicted octanol–water partition coefficient (Wildman–Crippen LogP) is 5.71. The lowest BCUT2D eigenvalue weighted by molar-refractivity contribution is -0.116. The van der Waals surface area contributed by atoms with Gasteiger partial charge in [-0.25, -0.2) is 4.98 Å². The van der Waals surface area contributed by atoms with Crippen LogP contribution in [-0.4, -0.2) is 23.8 Å². The van der Waals surface area contributed by atoms with Crippen LogP contribution in [0, 0.1) is 13.8 Å². The van der Waals surface area contributed by atoms with Crippen molar-refractivity contribution in [2.75, 3.05) is 12.4 Å². The highest BCUT2D eigenvalue weighted by molar-refractivity contribution is 6.09. The van der Waals surface area contributed by atoms with E-state index >= 15 is 0 Å². The van der Waals surface area contributed by atoms with E-state index in [-0.39, 0.29) is 17.6 Å². The van der Waals surface area contributed by atoms with E-state index in [0.717, 1.165) is 39.4 Å². The molecule has 0 bridgehead atoms. The lowest BCUT2D eigenvalue weighted by atomic mass is 9.71. The molecule has 1 aliphatic heterocycles. The van der Waals surface area contributed by atoms with Crippen molar-refractivity contribution < 1.29 is 14.3 Å². The Balaban J connectivity index is 1.53. The van der Waals surface area contributed by atoms with Gasteiger partial charge in [-0.15, -0.1) is 0 Å². The summed E-state index contributed by atoms with van der Waals surface area (Å²) in [5.41, 5.74) is 7.03. The van der Waals surface area contributed by atoms with Crippen molar-refractivity contribution in [1.29, 1.82) is 0 Å². The molecule has 188 valence electrons. The molecule has 0 saturated carbocycles. The van der Waals surface area contributed by atoms with Crippen LogP contribution in [0.2, 0.25) is 0 Å². The lowest BCUT2D eigenvalue weighted by Crippen LogP contribution is -2.37. The summed E-state index contributed by atoms with van der Waals surface area (Å²) in [5, 5.41) is 6.38. The van der Waals surface area contributed by atoms with Crippen LogP contribution in [0.5, 0.6) is 5.75 Å². The molecule has 1 aliphatic carbocycles. The van der Waals surface area contributed by atoms with E-state index in [2.05, 4.69) is 15.6 Å². The van der Waals surface area contributed by atoms with Gasteiger partial charge in [0.1, 0.15) is 11.6 Å². The topological polar surface area (TPSA) is 80.3 Å². The number of dihydropyridines is 1. The van der Waals surface area contributed by atoms with Crippen molar-refractivity contribution in [3.05, 3.63) is 112 Å². The Morgan fingerprint density at radius 1 is 0.919 bits per heavy atom. The van der Waals surface area contributed by atoms with E-state index in [4.69, 9.17) is 4.74 Å². The number of methoxy groups -OCH3 is 1. The van der Waals surface area contributed by atoms with Gasteiger partial charge in [0, 0.05) is 41.1 Å². The van der Waals surface area contributed by atoms with E-state index in [1.807, 2.05) is 75.4 Å². The molecule has 1 aromatic heterocycles.